The highest BCUT2D eigenvalue weighted by Gasteiger charge is 2.13. The lowest BCUT2D eigenvalue weighted by molar-refractivity contribution is 0.240. The van der Waals surface area contributed by atoms with Crippen molar-refractivity contribution in [3.8, 4) is 0 Å². The summed E-state index contributed by atoms with van der Waals surface area (Å²) < 4.78 is 24.1. The molecule has 0 aliphatic heterocycles. The van der Waals surface area contributed by atoms with Crippen LogP contribution in [0.3, 0.4) is 0 Å². The maximum Gasteiger partial charge on any atom is 0.315 e. The molecule has 7 heteroatoms. The zero-order chi connectivity index (χ0) is 15.8. The maximum atomic E-state index is 12.0. The summed E-state index contributed by atoms with van der Waals surface area (Å²) in [6, 6.07) is 11.9. The number of carbonyl (C=O) groups is 1. The van der Waals surface area contributed by atoms with E-state index in [1.54, 1.807) is 41.7 Å². The van der Waals surface area contributed by atoms with Crippen LogP contribution in [-0.2, 0) is 16.4 Å². The summed E-state index contributed by atoms with van der Waals surface area (Å²) in [5.74, 6) is 0.0161. The van der Waals surface area contributed by atoms with Gasteiger partial charge in [-0.05, 0) is 30.0 Å². The highest BCUT2D eigenvalue weighted by atomic mass is 32.2. The van der Waals surface area contributed by atoms with Crippen molar-refractivity contribution in [1.29, 1.82) is 0 Å². The van der Waals surface area contributed by atoms with E-state index >= 15 is 0 Å². The third-order valence-corrected chi connectivity index (χ3v) is 5.67. The van der Waals surface area contributed by atoms with Gasteiger partial charge in [0.2, 0.25) is 0 Å². The van der Waals surface area contributed by atoms with Gasteiger partial charge in [0.05, 0.1) is 17.2 Å². The van der Waals surface area contributed by atoms with Crippen molar-refractivity contribution in [2.45, 2.75) is 17.9 Å². The van der Waals surface area contributed by atoms with Crippen LogP contribution in [0.25, 0.3) is 0 Å². The molecule has 0 atom stereocenters. The van der Waals surface area contributed by atoms with Crippen molar-refractivity contribution in [3.05, 3.63) is 52.7 Å². The molecule has 0 radical (unpaired) electrons. The zero-order valence-corrected chi connectivity index (χ0v) is 13.6. The Morgan fingerprint density at radius 2 is 1.82 bits per heavy atom. The van der Waals surface area contributed by atoms with Gasteiger partial charge in [0.1, 0.15) is 0 Å². The van der Waals surface area contributed by atoms with Crippen LogP contribution in [0.4, 0.5) is 4.79 Å². The number of urea groups is 1. The molecule has 1 heterocycles. The molecule has 1 aromatic carbocycles. The molecular weight excluding hydrogens is 320 g/mol. The first kappa shape index (κ1) is 16.5. The van der Waals surface area contributed by atoms with E-state index in [4.69, 9.17) is 0 Å². The lowest BCUT2D eigenvalue weighted by Crippen LogP contribution is -2.35. The van der Waals surface area contributed by atoms with Crippen LogP contribution in [0.2, 0.25) is 0 Å². The summed E-state index contributed by atoms with van der Waals surface area (Å²) in [6.07, 6.45) is 0.379. The molecule has 22 heavy (non-hydrogen) atoms. The smallest absolute Gasteiger partial charge is 0.315 e. The number of thiophene rings is 1. The first-order valence-corrected chi connectivity index (χ1v) is 9.43. The number of hydrogen-bond donors (Lipinski definition) is 2. The quantitative estimate of drug-likeness (QED) is 0.761. The van der Waals surface area contributed by atoms with Crippen LogP contribution < -0.4 is 10.6 Å². The molecule has 0 aliphatic carbocycles. The van der Waals surface area contributed by atoms with Gasteiger partial charge in [-0.25, -0.2) is 13.2 Å². The molecule has 0 bridgehead atoms. The summed E-state index contributed by atoms with van der Waals surface area (Å²) in [6.45, 7) is 0.800. The van der Waals surface area contributed by atoms with E-state index < -0.39 is 9.84 Å². The molecule has 2 amide bonds. The van der Waals surface area contributed by atoms with Gasteiger partial charge in [0, 0.05) is 11.4 Å². The van der Waals surface area contributed by atoms with Gasteiger partial charge in [-0.15, -0.1) is 11.3 Å². The Kier molecular flexibility index (Phi) is 5.97. The molecule has 0 aliphatic rings. The van der Waals surface area contributed by atoms with E-state index in [1.807, 2.05) is 17.5 Å². The molecule has 5 nitrogen and oxygen atoms in total. The van der Waals surface area contributed by atoms with E-state index in [9.17, 15) is 13.2 Å². The van der Waals surface area contributed by atoms with E-state index in [-0.39, 0.29) is 11.8 Å². The Bertz CT molecular complexity index is 683. The fourth-order valence-electron chi connectivity index (χ4n) is 1.85. The molecule has 2 N–H and O–H groups in total. The van der Waals surface area contributed by atoms with Gasteiger partial charge in [-0.3, -0.25) is 0 Å². The molecule has 2 aromatic rings. The van der Waals surface area contributed by atoms with Crippen molar-refractivity contribution in [3.63, 3.8) is 0 Å². The fraction of sp³-hybridized carbons (Fsp3) is 0.267. The topological polar surface area (TPSA) is 75.3 Å². The second-order valence-corrected chi connectivity index (χ2v) is 7.82. The third kappa shape index (κ3) is 5.16. The van der Waals surface area contributed by atoms with Gasteiger partial charge in [-0.2, -0.15) is 0 Å². The first-order valence-electron chi connectivity index (χ1n) is 6.90. The van der Waals surface area contributed by atoms with Crippen LogP contribution in [0, 0.1) is 0 Å². The molecule has 1 aromatic heterocycles. The lowest BCUT2D eigenvalue weighted by Gasteiger charge is -2.07. The lowest BCUT2D eigenvalue weighted by atomic mass is 10.4. The number of carbonyl (C=O) groups excluding carboxylic acids is 1. The summed E-state index contributed by atoms with van der Waals surface area (Å²) in [4.78, 5) is 13.0. The minimum atomic E-state index is -3.28. The average Bonchev–Trinajstić information content (AvgIpc) is 3.04. The van der Waals surface area contributed by atoms with E-state index in [1.165, 1.54) is 0 Å². The standard InChI is InChI=1S/C15H18N2O3S2/c18-15(17-12-13-6-4-10-21-13)16-9-5-11-22(19,20)14-7-2-1-3-8-14/h1-4,6-8,10H,5,9,11-12H2,(H2,16,17,18). The van der Waals surface area contributed by atoms with Crippen molar-refractivity contribution >= 4 is 27.2 Å². The van der Waals surface area contributed by atoms with Crippen LogP contribution in [0.15, 0.2) is 52.7 Å². The number of benzene rings is 1. The average molecular weight is 338 g/mol. The van der Waals surface area contributed by atoms with Crippen molar-refractivity contribution < 1.29 is 13.2 Å². The summed E-state index contributed by atoms with van der Waals surface area (Å²) in [5.41, 5.74) is 0. The SMILES string of the molecule is O=C(NCCCS(=O)(=O)c1ccccc1)NCc1cccs1. The zero-order valence-electron chi connectivity index (χ0n) is 12.0. The Morgan fingerprint density at radius 1 is 1.05 bits per heavy atom. The number of hydrogen-bond acceptors (Lipinski definition) is 4. The minimum absolute atomic E-state index is 0.0161. The van der Waals surface area contributed by atoms with Crippen molar-refractivity contribution in [2.75, 3.05) is 12.3 Å². The molecule has 2 rings (SSSR count). The van der Waals surface area contributed by atoms with Gasteiger partial charge in [0.25, 0.3) is 0 Å². The summed E-state index contributed by atoms with van der Waals surface area (Å²) in [7, 11) is -3.28. The highest BCUT2D eigenvalue weighted by molar-refractivity contribution is 7.91. The molecule has 0 unspecified atom stereocenters. The second-order valence-electron chi connectivity index (χ2n) is 4.67. The molecule has 0 spiro atoms. The number of amides is 2. The minimum Gasteiger partial charge on any atom is -0.338 e. The van der Waals surface area contributed by atoms with Crippen LogP contribution in [0.1, 0.15) is 11.3 Å². The number of rotatable bonds is 7. The second kappa shape index (κ2) is 7.95. The molecule has 0 saturated heterocycles. The first-order chi connectivity index (χ1) is 10.6. The molecule has 0 saturated carbocycles. The largest absolute Gasteiger partial charge is 0.338 e. The highest BCUT2D eigenvalue weighted by Crippen LogP contribution is 2.10. The van der Waals surface area contributed by atoms with Gasteiger partial charge in [-0.1, -0.05) is 24.3 Å². The number of nitrogens with one attached hydrogen (secondary N) is 2. The monoisotopic (exact) mass is 338 g/mol. The van der Waals surface area contributed by atoms with Gasteiger partial charge in [0.15, 0.2) is 9.84 Å². The predicted octanol–water partition coefficient (Wildman–Crippen LogP) is 2.41. The van der Waals surface area contributed by atoms with Gasteiger partial charge < -0.3 is 10.6 Å². The van der Waals surface area contributed by atoms with Crippen LogP contribution in [-0.4, -0.2) is 26.7 Å². The van der Waals surface area contributed by atoms with E-state index in [0.717, 1.165) is 4.88 Å². The Hall–Kier alpha value is -1.86. The maximum absolute atomic E-state index is 12.0. The molecule has 118 valence electrons. The van der Waals surface area contributed by atoms with E-state index in [2.05, 4.69) is 10.6 Å². The molecule has 0 fully saturated rings. The Morgan fingerprint density at radius 3 is 2.50 bits per heavy atom. The van der Waals surface area contributed by atoms with Crippen molar-refractivity contribution in [2.24, 2.45) is 0 Å². The van der Waals surface area contributed by atoms with E-state index in [0.29, 0.717) is 24.4 Å². The number of sulfone groups is 1. The van der Waals surface area contributed by atoms with Crippen molar-refractivity contribution in [1.82, 2.24) is 10.6 Å². The van der Waals surface area contributed by atoms with Gasteiger partial charge >= 0.3 is 6.03 Å². The van der Waals surface area contributed by atoms with Crippen LogP contribution >= 0.6 is 11.3 Å². The summed E-state index contributed by atoms with van der Waals surface area (Å²) >= 11 is 1.57. The predicted molar refractivity (Wildman–Crippen MR) is 87.7 cm³/mol. The third-order valence-electron chi connectivity index (χ3n) is 2.98. The normalized spacial score (nSPS) is 11.1. The Labute approximate surface area is 134 Å². The Balaban J connectivity index is 1.67. The fourth-order valence-corrected chi connectivity index (χ4v) is 3.83. The molecular formula is C15H18N2O3S2. The van der Waals surface area contributed by atoms with Crippen LogP contribution in [0.5, 0.6) is 0 Å². The summed E-state index contributed by atoms with van der Waals surface area (Å²) in [5, 5.41) is 7.33.